The molecule has 7 heteroatoms. The van der Waals surface area contributed by atoms with Crippen LogP contribution in [-0.2, 0) is 17.0 Å². The minimum atomic E-state index is -1.39. The number of rotatable bonds is 0. The molecule has 0 N–H and O–H groups in total. The molecule has 0 aliphatic rings. The van der Waals surface area contributed by atoms with Gasteiger partial charge >= 0.3 is 35.6 Å². The first kappa shape index (κ1) is 20.2. The summed E-state index contributed by atoms with van der Waals surface area (Å²) in [6.45, 7) is 11.1. The zero-order chi connectivity index (χ0) is 11.7. The molecule has 0 atom stereocenters. The minimum absolute atomic E-state index is 0.556. The van der Waals surface area contributed by atoms with Crippen molar-refractivity contribution in [3.63, 3.8) is 0 Å². The molecule has 0 radical (unpaired) electrons. The summed E-state index contributed by atoms with van der Waals surface area (Å²) in [4.78, 5) is 0. The number of hydrogen-bond donors (Lipinski definition) is 0. The van der Waals surface area contributed by atoms with Crippen LogP contribution in [-0.4, -0.2) is 40.0 Å². The Bertz CT molecular complexity index is 151. The predicted molar refractivity (Wildman–Crippen MR) is 67.8 cm³/mol. The van der Waals surface area contributed by atoms with E-state index in [-0.39, 0.29) is 0 Å². The first-order valence-corrected chi connectivity index (χ1v) is 13.9. The van der Waals surface area contributed by atoms with Gasteiger partial charge in [-0.2, -0.15) is 0 Å². The molecule has 0 aromatic heterocycles. The Kier molecular flexibility index (Phi) is 16.0. The molecule has 0 spiro atoms. The van der Waals surface area contributed by atoms with Gasteiger partial charge in [0.25, 0.3) is 0 Å². The molecular weight excluding hydrogens is 281 g/mol. The second kappa shape index (κ2) is 10.3. The van der Waals surface area contributed by atoms with E-state index in [0.717, 1.165) is 0 Å². The molecule has 0 unspecified atom stereocenters. The van der Waals surface area contributed by atoms with Gasteiger partial charge in [-0.1, -0.05) is 40.0 Å². The second-order valence-electron chi connectivity index (χ2n) is 3.95. The molecule has 2 nitrogen and oxygen atoms in total. The second-order valence-corrected chi connectivity index (χ2v) is 14.3. The molecule has 0 bridgehead atoms. The van der Waals surface area contributed by atoms with Crippen molar-refractivity contribution in [1.82, 2.24) is 0 Å². The normalized spacial score (nSPS) is 10.2. The molecule has 82 valence electrons. The van der Waals surface area contributed by atoms with E-state index in [2.05, 4.69) is 0 Å². The van der Waals surface area contributed by atoms with Crippen molar-refractivity contribution >= 4 is 32.7 Å². The van der Waals surface area contributed by atoms with Gasteiger partial charge in [0.05, 0.1) is 0 Å². The molecule has 0 aliphatic carbocycles. The molecule has 0 aromatic rings. The Labute approximate surface area is 99.6 Å². The van der Waals surface area contributed by atoms with Crippen molar-refractivity contribution in [1.29, 1.82) is 0 Å². The van der Waals surface area contributed by atoms with Gasteiger partial charge in [-0.3, -0.25) is 0 Å². The molecule has 0 aromatic carbocycles. The number of hydrogen-bond acceptors (Lipinski definition) is 0. The van der Waals surface area contributed by atoms with Crippen molar-refractivity contribution in [2.75, 3.05) is 40.0 Å². The van der Waals surface area contributed by atoms with Crippen LogP contribution in [0.4, 0.5) is 0 Å². The zero-order valence-corrected chi connectivity index (χ0v) is 13.9. The average molecular weight is 299 g/mol. The van der Waals surface area contributed by atoms with E-state index in [1.54, 1.807) is 0 Å². The SMILES string of the molecule is CP(C)(C)=[N-].CP(C)(C)=[N-].[Cl][Ti][Cl]. The summed E-state index contributed by atoms with van der Waals surface area (Å²) in [5, 5.41) is 17.3. The molecule has 0 heterocycles. The standard InChI is InChI=1S/2C3H9NP.2ClH.Ti/c2*1-5(2,3)4;;;/h2*1-3H3;2*1H;/q2*-1;;;+2/p-2. The Morgan fingerprint density at radius 3 is 0.769 bits per heavy atom. The maximum absolute atomic E-state index is 8.63. The molecular formula is C6H18Cl2N2P2Ti-2. The van der Waals surface area contributed by atoms with Crippen LogP contribution in [0.1, 0.15) is 0 Å². The number of nitrogens with zero attached hydrogens (tertiary/aromatic N) is 2. The van der Waals surface area contributed by atoms with Gasteiger partial charge in [0.15, 0.2) is 0 Å². The van der Waals surface area contributed by atoms with Crippen LogP contribution in [0, 0.1) is 0 Å². The van der Waals surface area contributed by atoms with Gasteiger partial charge in [-0.25, -0.2) is 14.1 Å². The van der Waals surface area contributed by atoms with Crippen LogP contribution in [0.5, 0.6) is 0 Å². The van der Waals surface area contributed by atoms with E-state index in [4.69, 9.17) is 28.9 Å². The van der Waals surface area contributed by atoms with Crippen LogP contribution >= 0.6 is 32.7 Å². The summed E-state index contributed by atoms with van der Waals surface area (Å²) in [5.41, 5.74) is 0. The quantitative estimate of drug-likeness (QED) is 0.461. The Morgan fingerprint density at radius 2 is 0.769 bits per heavy atom. The van der Waals surface area contributed by atoms with Crippen molar-refractivity contribution < 1.29 is 17.0 Å². The van der Waals surface area contributed by atoms with Gasteiger partial charge in [-0.05, 0) is 0 Å². The van der Waals surface area contributed by atoms with E-state index < -0.39 is 31.1 Å². The van der Waals surface area contributed by atoms with Crippen LogP contribution in [0.25, 0.3) is 10.3 Å². The molecule has 0 saturated heterocycles. The van der Waals surface area contributed by atoms with Crippen LogP contribution in [0.3, 0.4) is 0 Å². The summed E-state index contributed by atoms with van der Waals surface area (Å²) < 4.78 is 0. The Hall–Kier alpha value is 1.75. The monoisotopic (exact) mass is 298 g/mol. The third-order valence-corrected chi connectivity index (χ3v) is 0. The summed E-state index contributed by atoms with van der Waals surface area (Å²) >= 11 is -0.556. The van der Waals surface area contributed by atoms with Crippen LogP contribution < -0.4 is 0 Å². The van der Waals surface area contributed by atoms with Gasteiger partial charge in [0.1, 0.15) is 0 Å². The summed E-state index contributed by atoms with van der Waals surface area (Å²) in [7, 11) is 7.00. The zero-order valence-electron chi connectivity index (χ0n) is 9.04. The van der Waals surface area contributed by atoms with Gasteiger partial charge in [0, 0.05) is 0 Å². The molecule has 0 saturated carbocycles. The molecule has 0 amide bonds. The fourth-order valence-electron chi connectivity index (χ4n) is 0. The van der Waals surface area contributed by atoms with Gasteiger partial charge < -0.3 is 10.3 Å². The molecule has 0 aliphatic heterocycles. The fourth-order valence-corrected chi connectivity index (χ4v) is 0. The first-order valence-electron chi connectivity index (χ1n) is 3.46. The fraction of sp³-hybridized carbons (Fsp3) is 1.00. The maximum atomic E-state index is 8.63. The third-order valence-electron chi connectivity index (χ3n) is 0. The van der Waals surface area contributed by atoms with Crippen LogP contribution in [0.2, 0.25) is 0 Å². The molecule has 0 rings (SSSR count). The summed E-state index contributed by atoms with van der Waals surface area (Å²) in [6, 6.07) is 0. The summed E-state index contributed by atoms with van der Waals surface area (Å²) in [6.07, 6.45) is 0. The third kappa shape index (κ3) is 617. The van der Waals surface area contributed by atoms with Crippen molar-refractivity contribution in [2.45, 2.75) is 0 Å². The molecule has 13 heavy (non-hydrogen) atoms. The summed E-state index contributed by atoms with van der Waals surface area (Å²) in [5.74, 6) is 0. The van der Waals surface area contributed by atoms with E-state index in [0.29, 0.717) is 0 Å². The van der Waals surface area contributed by atoms with E-state index in [1.807, 2.05) is 40.0 Å². The number of halogens is 2. The van der Waals surface area contributed by atoms with Crippen LogP contribution in [0.15, 0.2) is 0 Å². The van der Waals surface area contributed by atoms with Gasteiger partial charge in [0.2, 0.25) is 0 Å². The Balaban J connectivity index is -0.000000120. The van der Waals surface area contributed by atoms with Crippen molar-refractivity contribution in [3.8, 4) is 0 Å². The average Bonchev–Trinajstić information content (AvgIpc) is 1.52. The Morgan fingerprint density at radius 1 is 0.769 bits per heavy atom. The van der Waals surface area contributed by atoms with Crippen molar-refractivity contribution in [3.05, 3.63) is 10.3 Å². The van der Waals surface area contributed by atoms with Gasteiger partial charge in [-0.15, -0.1) is 0 Å². The predicted octanol–water partition coefficient (Wildman–Crippen LogP) is 4.67. The van der Waals surface area contributed by atoms with E-state index in [9.17, 15) is 0 Å². The topological polar surface area (TPSA) is 44.6 Å². The first-order chi connectivity index (χ1) is 5.41. The van der Waals surface area contributed by atoms with Crippen molar-refractivity contribution in [2.24, 2.45) is 0 Å². The van der Waals surface area contributed by atoms with E-state index in [1.165, 1.54) is 0 Å². The van der Waals surface area contributed by atoms with E-state index >= 15 is 0 Å². The molecule has 0 fully saturated rings.